The van der Waals surface area contributed by atoms with Crippen LogP contribution in [0.25, 0.3) is 0 Å². The van der Waals surface area contributed by atoms with E-state index in [1.54, 1.807) is 0 Å². The Bertz CT molecular complexity index is 242. The maximum absolute atomic E-state index is 3.94. The van der Waals surface area contributed by atoms with E-state index in [-0.39, 0.29) is 5.54 Å². The third-order valence-electron chi connectivity index (χ3n) is 2.58. The summed E-state index contributed by atoms with van der Waals surface area (Å²) in [5, 5.41) is 0. The van der Waals surface area contributed by atoms with Crippen molar-refractivity contribution in [1.82, 2.24) is 8.88 Å². The van der Waals surface area contributed by atoms with Gasteiger partial charge < -0.3 is 8.88 Å². The van der Waals surface area contributed by atoms with Gasteiger partial charge in [0.15, 0.2) is 8.40 Å². The molecule has 0 aromatic carbocycles. The zero-order chi connectivity index (χ0) is 14.3. The van der Waals surface area contributed by atoms with Crippen molar-refractivity contribution < 1.29 is 0 Å². The predicted octanol–water partition coefficient (Wildman–Crippen LogP) is 4.05. The van der Waals surface area contributed by atoms with Crippen LogP contribution in [0.2, 0.25) is 52.4 Å². The summed E-state index contributed by atoms with van der Waals surface area (Å²) in [6.07, 6.45) is 0. The first-order chi connectivity index (χ1) is 7.07. The summed E-state index contributed by atoms with van der Waals surface area (Å²) in [6, 6.07) is 0. The van der Waals surface area contributed by atoms with Crippen LogP contribution in [0.15, 0.2) is 0 Å². The highest BCUT2D eigenvalue weighted by Gasteiger charge is 2.46. The van der Waals surface area contributed by atoms with E-state index < -0.39 is 24.9 Å². The van der Waals surface area contributed by atoms with E-state index in [1.165, 1.54) is 0 Å². The topological polar surface area (TPSA) is 15.3 Å². The van der Waals surface area contributed by atoms with E-state index in [0.29, 0.717) is 0 Å². The standard InChI is InChI=1S/C12H34N2Si3/c1-12(2,3)13-17(10,11)14(15(4,5)6)16(7,8)9/h13H,1-11H3. The molecule has 0 bridgehead atoms. The van der Waals surface area contributed by atoms with E-state index in [0.717, 1.165) is 0 Å². The molecular formula is C12H34N2Si3. The maximum atomic E-state index is 3.94. The van der Waals surface area contributed by atoms with Crippen molar-refractivity contribution in [3.8, 4) is 0 Å². The van der Waals surface area contributed by atoms with E-state index in [4.69, 9.17) is 0 Å². The third-order valence-corrected chi connectivity index (χ3v) is 19.1. The second-order valence-corrected chi connectivity index (χ2v) is 23.3. The zero-order valence-electron chi connectivity index (χ0n) is 13.9. The van der Waals surface area contributed by atoms with Gasteiger partial charge in [-0.3, -0.25) is 0 Å². The van der Waals surface area contributed by atoms with Crippen LogP contribution < -0.4 is 4.98 Å². The predicted molar refractivity (Wildman–Crippen MR) is 88.9 cm³/mol. The molecule has 5 heteroatoms. The Morgan fingerprint density at radius 3 is 1.18 bits per heavy atom. The van der Waals surface area contributed by atoms with Crippen molar-refractivity contribution in [3.63, 3.8) is 0 Å². The molecule has 0 atom stereocenters. The smallest absolute Gasteiger partial charge is 0.184 e. The van der Waals surface area contributed by atoms with Gasteiger partial charge in [0.1, 0.15) is 16.5 Å². The highest BCUT2D eigenvalue weighted by Crippen LogP contribution is 2.27. The molecule has 0 unspecified atom stereocenters. The number of nitrogens with one attached hydrogen (secondary N) is 1. The lowest BCUT2D eigenvalue weighted by Gasteiger charge is -2.54. The number of hydrogen-bond acceptors (Lipinski definition) is 2. The summed E-state index contributed by atoms with van der Waals surface area (Å²) >= 11 is 0. The lowest BCUT2D eigenvalue weighted by atomic mass is 10.1. The first kappa shape index (κ1) is 17.6. The number of rotatable bonds is 4. The first-order valence-electron chi connectivity index (χ1n) is 6.67. The Balaban J connectivity index is 5.34. The molecule has 0 saturated carbocycles. The minimum atomic E-state index is -1.53. The average Bonchev–Trinajstić information content (AvgIpc) is 1.66. The Morgan fingerprint density at radius 1 is 0.706 bits per heavy atom. The Hall–Kier alpha value is 0.571. The molecule has 0 fully saturated rings. The van der Waals surface area contributed by atoms with Crippen molar-refractivity contribution >= 4 is 24.9 Å². The molecule has 0 rings (SSSR count). The molecule has 1 N–H and O–H groups in total. The van der Waals surface area contributed by atoms with Crippen molar-refractivity contribution in [3.05, 3.63) is 0 Å². The highest BCUT2D eigenvalue weighted by atomic mass is 28.5. The summed E-state index contributed by atoms with van der Waals surface area (Å²) in [4.78, 5) is 3.94. The molecule has 0 saturated heterocycles. The minimum Gasteiger partial charge on any atom is -0.357 e. The van der Waals surface area contributed by atoms with Gasteiger partial charge in [0, 0.05) is 5.54 Å². The van der Waals surface area contributed by atoms with Crippen LogP contribution in [-0.2, 0) is 0 Å². The van der Waals surface area contributed by atoms with Crippen LogP contribution in [0, 0.1) is 0 Å². The zero-order valence-corrected chi connectivity index (χ0v) is 16.9. The molecule has 2 nitrogen and oxygen atoms in total. The molecule has 0 aliphatic rings. The highest BCUT2D eigenvalue weighted by molar-refractivity contribution is 7.03. The number of nitrogens with zero attached hydrogens (tertiary/aromatic N) is 1. The molecule has 0 aromatic rings. The van der Waals surface area contributed by atoms with Crippen molar-refractivity contribution in [2.45, 2.75) is 78.7 Å². The van der Waals surface area contributed by atoms with E-state index in [2.05, 4.69) is 82.0 Å². The summed E-state index contributed by atoms with van der Waals surface area (Å²) in [5.74, 6) is 0. The van der Waals surface area contributed by atoms with Crippen LogP contribution in [0.3, 0.4) is 0 Å². The van der Waals surface area contributed by atoms with Gasteiger partial charge in [-0.1, -0.05) is 39.3 Å². The molecular weight excluding hydrogens is 256 g/mol. The lowest BCUT2D eigenvalue weighted by Crippen LogP contribution is -2.76. The van der Waals surface area contributed by atoms with E-state index in [1.807, 2.05) is 0 Å². The maximum Gasteiger partial charge on any atom is 0.184 e. The van der Waals surface area contributed by atoms with Crippen LogP contribution in [-0.4, -0.2) is 34.3 Å². The summed E-state index contributed by atoms with van der Waals surface area (Å²) in [7, 11) is -4.06. The normalized spacial score (nSPS) is 15.5. The summed E-state index contributed by atoms with van der Waals surface area (Å²) < 4.78 is 2.97. The molecule has 0 aliphatic carbocycles. The SMILES string of the molecule is CC(C)(C)N[Si](C)(C)N([Si](C)(C)C)[Si](C)(C)C. The Labute approximate surface area is 113 Å². The van der Waals surface area contributed by atoms with Gasteiger partial charge in [0.2, 0.25) is 0 Å². The molecule has 0 aromatic heterocycles. The molecule has 0 spiro atoms. The second-order valence-electron chi connectivity index (χ2n) is 8.61. The molecule has 17 heavy (non-hydrogen) atoms. The van der Waals surface area contributed by atoms with Crippen LogP contribution in [0.4, 0.5) is 0 Å². The molecule has 0 amide bonds. The van der Waals surface area contributed by atoms with Gasteiger partial charge in [-0.15, -0.1) is 0 Å². The van der Waals surface area contributed by atoms with E-state index in [9.17, 15) is 0 Å². The van der Waals surface area contributed by atoms with Crippen LogP contribution in [0.5, 0.6) is 0 Å². The summed E-state index contributed by atoms with van der Waals surface area (Å²) in [6.45, 7) is 26.8. The fraction of sp³-hybridized carbons (Fsp3) is 1.00. The lowest BCUT2D eigenvalue weighted by molar-refractivity contribution is 0.500. The second kappa shape index (κ2) is 4.92. The largest absolute Gasteiger partial charge is 0.357 e. The van der Waals surface area contributed by atoms with Crippen LogP contribution in [0.1, 0.15) is 20.8 Å². The van der Waals surface area contributed by atoms with Gasteiger partial charge in [0.05, 0.1) is 0 Å². The quantitative estimate of drug-likeness (QED) is 0.786. The molecule has 104 valence electrons. The van der Waals surface area contributed by atoms with Gasteiger partial charge in [0.25, 0.3) is 0 Å². The van der Waals surface area contributed by atoms with Gasteiger partial charge in [-0.05, 0) is 33.9 Å². The van der Waals surface area contributed by atoms with Crippen molar-refractivity contribution in [1.29, 1.82) is 0 Å². The molecule has 0 heterocycles. The Kier molecular flexibility index (Phi) is 5.09. The Morgan fingerprint density at radius 2 is 1.00 bits per heavy atom. The fourth-order valence-corrected chi connectivity index (χ4v) is 27.4. The minimum absolute atomic E-state index is 0.216. The van der Waals surface area contributed by atoms with Gasteiger partial charge >= 0.3 is 0 Å². The average molecular weight is 291 g/mol. The number of hydrogen-bond donors (Lipinski definition) is 1. The van der Waals surface area contributed by atoms with Crippen molar-refractivity contribution in [2.75, 3.05) is 0 Å². The van der Waals surface area contributed by atoms with Gasteiger partial charge in [-0.25, -0.2) is 0 Å². The first-order valence-corrected chi connectivity index (χ1v) is 16.5. The monoisotopic (exact) mass is 290 g/mol. The summed E-state index contributed by atoms with van der Waals surface area (Å²) in [5.41, 5.74) is 0.216. The van der Waals surface area contributed by atoms with E-state index >= 15 is 0 Å². The van der Waals surface area contributed by atoms with Crippen molar-refractivity contribution in [2.24, 2.45) is 0 Å². The third kappa shape index (κ3) is 5.83. The molecule has 0 aliphatic heterocycles. The van der Waals surface area contributed by atoms with Crippen LogP contribution >= 0.6 is 0 Å². The molecule has 0 radical (unpaired) electrons. The fourth-order valence-electron chi connectivity index (χ4n) is 3.66. The van der Waals surface area contributed by atoms with Gasteiger partial charge in [-0.2, -0.15) is 0 Å².